The number of nitrogens with two attached hydrogens (primary N) is 2. The quantitative estimate of drug-likeness (QED) is 0.702. The van der Waals surface area contributed by atoms with Crippen LogP contribution in [0.3, 0.4) is 0 Å². The molecule has 0 bridgehead atoms. The van der Waals surface area contributed by atoms with E-state index in [4.69, 9.17) is 23.1 Å². The third kappa shape index (κ3) is 2.18. The number of phenolic OH excluding ortho intramolecular Hbond substituents is 1. The van der Waals surface area contributed by atoms with Gasteiger partial charge in [0.15, 0.2) is 0 Å². The Hall–Kier alpha value is -0.770. The summed E-state index contributed by atoms with van der Waals surface area (Å²) in [5.41, 5.74) is 12.8. The van der Waals surface area contributed by atoms with Crippen molar-refractivity contribution in [2.24, 2.45) is 11.5 Å². The molecule has 2 atom stereocenters. The molecule has 0 aliphatic heterocycles. The van der Waals surface area contributed by atoms with Gasteiger partial charge in [0.25, 0.3) is 0 Å². The molecule has 0 radical (unpaired) electrons. The Morgan fingerprint density at radius 3 is 2.43 bits per heavy atom. The average molecular weight is 215 g/mol. The number of halogens is 1. The fourth-order valence-corrected chi connectivity index (χ4v) is 1.58. The molecule has 3 nitrogen and oxygen atoms in total. The first-order valence-electron chi connectivity index (χ1n) is 4.43. The predicted molar refractivity (Wildman–Crippen MR) is 58.4 cm³/mol. The maximum Gasteiger partial charge on any atom is 0.123 e. The van der Waals surface area contributed by atoms with Crippen molar-refractivity contribution in [3.63, 3.8) is 0 Å². The third-order valence-corrected chi connectivity index (χ3v) is 2.44. The summed E-state index contributed by atoms with van der Waals surface area (Å²) in [5.74, 6) is 0.180. The van der Waals surface area contributed by atoms with E-state index in [1.54, 1.807) is 26.0 Å². The molecule has 0 heterocycles. The van der Waals surface area contributed by atoms with E-state index in [0.29, 0.717) is 16.1 Å². The lowest BCUT2D eigenvalue weighted by Crippen LogP contribution is -2.31. The lowest BCUT2D eigenvalue weighted by molar-refractivity contribution is 0.450. The second-order valence-corrected chi connectivity index (χ2v) is 3.98. The van der Waals surface area contributed by atoms with Crippen molar-refractivity contribution in [2.75, 3.05) is 0 Å². The van der Waals surface area contributed by atoms with Crippen LogP contribution >= 0.6 is 11.6 Å². The number of rotatable bonds is 2. The van der Waals surface area contributed by atoms with Crippen LogP contribution in [0.15, 0.2) is 12.1 Å². The fourth-order valence-electron chi connectivity index (χ4n) is 1.30. The zero-order valence-corrected chi connectivity index (χ0v) is 9.05. The van der Waals surface area contributed by atoms with Crippen molar-refractivity contribution < 1.29 is 5.11 Å². The van der Waals surface area contributed by atoms with Crippen LogP contribution in [0.1, 0.15) is 24.1 Å². The molecule has 0 amide bonds. The van der Waals surface area contributed by atoms with Crippen molar-refractivity contribution in [1.82, 2.24) is 0 Å². The van der Waals surface area contributed by atoms with Gasteiger partial charge in [-0.1, -0.05) is 11.6 Å². The fraction of sp³-hybridized carbons (Fsp3) is 0.400. The Balaban J connectivity index is 3.20. The van der Waals surface area contributed by atoms with E-state index in [9.17, 15) is 5.11 Å². The normalized spacial score (nSPS) is 15.2. The highest BCUT2D eigenvalue weighted by Gasteiger charge is 2.16. The Morgan fingerprint density at radius 1 is 1.36 bits per heavy atom. The highest BCUT2D eigenvalue weighted by atomic mass is 35.5. The van der Waals surface area contributed by atoms with Gasteiger partial charge < -0.3 is 16.6 Å². The molecule has 14 heavy (non-hydrogen) atoms. The zero-order valence-electron chi connectivity index (χ0n) is 8.29. The molecule has 0 fully saturated rings. The van der Waals surface area contributed by atoms with Crippen LogP contribution in [0.4, 0.5) is 0 Å². The van der Waals surface area contributed by atoms with Crippen molar-refractivity contribution >= 4 is 11.6 Å². The van der Waals surface area contributed by atoms with Gasteiger partial charge in [-0.15, -0.1) is 0 Å². The maximum absolute atomic E-state index is 9.75. The van der Waals surface area contributed by atoms with Crippen molar-refractivity contribution in [2.45, 2.75) is 25.9 Å². The van der Waals surface area contributed by atoms with Crippen molar-refractivity contribution in [1.29, 1.82) is 0 Å². The first kappa shape index (κ1) is 11.3. The lowest BCUT2D eigenvalue weighted by atomic mass is 9.99. The van der Waals surface area contributed by atoms with E-state index < -0.39 is 6.04 Å². The molecule has 78 valence electrons. The van der Waals surface area contributed by atoms with Crippen LogP contribution < -0.4 is 11.5 Å². The number of hydrogen-bond donors (Lipinski definition) is 3. The second kappa shape index (κ2) is 4.17. The molecule has 1 aromatic carbocycles. The second-order valence-electron chi connectivity index (χ2n) is 3.55. The zero-order chi connectivity index (χ0) is 10.9. The minimum Gasteiger partial charge on any atom is -0.507 e. The van der Waals surface area contributed by atoms with Gasteiger partial charge in [0, 0.05) is 22.7 Å². The van der Waals surface area contributed by atoms with Crippen LogP contribution in [0, 0.1) is 6.92 Å². The Bertz CT molecular complexity index is 339. The summed E-state index contributed by atoms with van der Waals surface area (Å²) < 4.78 is 0. The summed E-state index contributed by atoms with van der Waals surface area (Å²) in [6.45, 7) is 3.57. The lowest BCUT2D eigenvalue weighted by Gasteiger charge is -2.18. The number of aromatic hydroxyl groups is 1. The van der Waals surface area contributed by atoms with E-state index >= 15 is 0 Å². The predicted octanol–water partition coefficient (Wildman–Crippen LogP) is 1.70. The van der Waals surface area contributed by atoms with Crippen LogP contribution in [0.2, 0.25) is 5.02 Å². The summed E-state index contributed by atoms with van der Waals surface area (Å²) in [6, 6.07) is 2.72. The highest BCUT2D eigenvalue weighted by molar-refractivity contribution is 6.30. The van der Waals surface area contributed by atoms with Gasteiger partial charge in [0.05, 0.1) is 0 Å². The van der Waals surface area contributed by atoms with Gasteiger partial charge in [0.1, 0.15) is 5.75 Å². The SMILES string of the molecule is Cc1cc(Cl)cc([C@H](N)[C@H](C)N)c1O. The highest BCUT2D eigenvalue weighted by Crippen LogP contribution is 2.30. The van der Waals surface area contributed by atoms with Crippen LogP contribution in [-0.2, 0) is 0 Å². The molecule has 0 aliphatic carbocycles. The molecule has 5 N–H and O–H groups in total. The first-order chi connectivity index (χ1) is 6.43. The summed E-state index contributed by atoms with van der Waals surface area (Å²) in [7, 11) is 0. The molecule has 1 aromatic rings. The van der Waals surface area contributed by atoms with E-state index in [-0.39, 0.29) is 11.8 Å². The molecular formula is C10H15ClN2O. The Kier molecular flexibility index (Phi) is 3.37. The number of aryl methyl sites for hydroxylation is 1. The summed E-state index contributed by atoms with van der Waals surface area (Å²) in [5, 5.41) is 10.3. The van der Waals surface area contributed by atoms with Crippen LogP contribution in [0.5, 0.6) is 5.75 Å². The van der Waals surface area contributed by atoms with Crippen molar-refractivity contribution in [3.8, 4) is 5.75 Å². The average Bonchev–Trinajstić information content (AvgIpc) is 2.09. The molecule has 4 heteroatoms. The van der Waals surface area contributed by atoms with Gasteiger partial charge >= 0.3 is 0 Å². The van der Waals surface area contributed by atoms with Gasteiger partial charge in [0.2, 0.25) is 0 Å². The first-order valence-corrected chi connectivity index (χ1v) is 4.81. The molecule has 1 rings (SSSR count). The molecular weight excluding hydrogens is 200 g/mol. The topological polar surface area (TPSA) is 72.3 Å². The molecule has 0 unspecified atom stereocenters. The molecule has 0 saturated carbocycles. The third-order valence-electron chi connectivity index (χ3n) is 2.22. The number of hydrogen-bond acceptors (Lipinski definition) is 3. The van der Waals surface area contributed by atoms with E-state index in [2.05, 4.69) is 0 Å². The Morgan fingerprint density at radius 2 is 1.93 bits per heavy atom. The van der Waals surface area contributed by atoms with Gasteiger partial charge in [-0.25, -0.2) is 0 Å². The van der Waals surface area contributed by atoms with Gasteiger partial charge in [-0.2, -0.15) is 0 Å². The minimum absolute atomic E-state index is 0.180. The van der Waals surface area contributed by atoms with Gasteiger partial charge in [-0.3, -0.25) is 0 Å². The van der Waals surface area contributed by atoms with Crippen LogP contribution in [0.25, 0.3) is 0 Å². The molecule has 0 aromatic heterocycles. The smallest absolute Gasteiger partial charge is 0.123 e. The number of benzene rings is 1. The summed E-state index contributed by atoms with van der Waals surface area (Å²) in [6.07, 6.45) is 0. The Labute approximate surface area is 88.7 Å². The van der Waals surface area contributed by atoms with E-state index in [0.717, 1.165) is 0 Å². The van der Waals surface area contributed by atoms with Gasteiger partial charge in [-0.05, 0) is 31.5 Å². The van der Waals surface area contributed by atoms with Crippen LogP contribution in [-0.4, -0.2) is 11.1 Å². The molecule has 0 aliphatic rings. The standard InChI is InChI=1S/C10H15ClN2O/c1-5-3-7(11)4-8(10(5)14)9(13)6(2)12/h3-4,6,9,14H,12-13H2,1-2H3/t6-,9+/m0/s1. The maximum atomic E-state index is 9.75. The summed E-state index contributed by atoms with van der Waals surface area (Å²) >= 11 is 5.86. The molecule has 0 spiro atoms. The van der Waals surface area contributed by atoms with E-state index in [1.165, 1.54) is 0 Å². The number of phenols is 1. The minimum atomic E-state index is -0.396. The van der Waals surface area contributed by atoms with Crippen molar-refractivity contribution in [3.05, 3.63) is 28.3 Å². The largest absolute Gasteiger partial charge is 0.507 e. The summed E-state index contributed by atoms with van der Waals surface area (Å²) in [4.78, 5) is 0. The van der Waals surface area contributed by atoms with E-state index in [1.807, 2.05) is 0 Å². The molecule has 0 saturated heterocycles. The monoisotopic (exact) mass is 214 g/mol.